The topological polar surface area (TPSA) is 46.5 Å². The van der Waals surface area contributed by atoms with Crippen molar-refractivity contribution in [2.45, 2.75) is 26.9 Å². The van der Waals surface area contributed by atoms with Crippen LogP contribution in [-0.4, -0.2) is 18.0 Å². The first kappa shape index (κ1) is 14.0. The Morgan fingerprint density at radius 1 is 1.41 bits per heavy atom. The molecule has 1 aromatic carbocycles. The normalized spacial score (nSPS) is 13.3. The van der Waals surface area contributed by atoms with E-state index >= 15 is 0 Å². The van der Waals surface area contributed by atoms with Crippen LogP contribution in [0.4, 0.5) is 0 Å². The SMILES string of the molecule is COc1ccc(C(O)C(=O)C(C)(C)C)c(Cl)c1. The number of ketones is 1. The summed E-state index contributed by atoms with van der Waals surface area (Å²) in [6, 6.07) is 4.85. The lowest BCUT2D eigenvalue weighted by Crippen LogP contribution is -2.26. The number of carbonyl (C=O) groups is 1. The summed E-state index contributed by atoms with van der Waals surface area (Å²) in [6.45, 7) is 5.28. The van der Waals surface area contributed by atoms with E-state index in [1.165, 1.54) is 7.11 Å². The number of rotatable bonds is 3. The van der Waals surface area contributed by atoms with Crippen molar-refractivity contribution in [2.75, 3.05) is 7.11 Å². The number of carbonyl (C=O) groups excluding carboxylic acids is 1. The third-order valence-electron chi connectivity index (χ3n) is 2.49. The molecule has 1 rings (SSSR count). The van der Waals surface area contributed by atoms with E-state index < -0.39 is 11.5 Å². The van der Waals surface area contributed by atoms with Crippen LogP contribution in [-0.2, 0) is 4.79 Å². The lowest BCUT2D eigenvalue weighted by Gasteiger charge is -2.21. The molecular weight excluding hydrogens is 240 g/mol. The highest BCUT2D eigenvalue weighted by Crippen LogP contribution is 2.31. The van der Waals surface area contributed by atoms with Crippen molar-refractivity contribution in [1.29, 1.82) is 0 Å². The highest BCUT2D eigenvalue weighted by Gasteiger charge is 2.30. The fourth-order valence-electron chi connectivity index (χ4n) is 1.41. The van der Waals surface area contributed by atoms with E-state index in [2.05, 4.69) is 0 Å². The monoisotopic (exact) mass is 256 g/mol. The molecule has 0 aromatic heterocycles. The van der Waals surface area contributed by atoms with Gasteiger partial charge in [0.2, 0.25) is 0 Å². The molecule has 1 unspecified atom stereocenters. The van der Waals surface area contributed by atoms with Crippen LogP contribution in [0.15, 0.2) is 18.2 Å². The predicted molar refractivity (Wildman–Crippen MR) is 67.4 cm³/mol. The molecule has 3 nitrogen and oxygen atoms in total. The van der Waals surface area contributed by atoms with Crippen LogP contribution in [0.1, 0.15) is 32.4 Å². The second-order valence-electron chi connectivity index (χ2n) is 4.90. The number of ether oxygens (including phenoxy) is 1. The van der Waals surface area contributed by atoms with E-state index in [4.69, 9.17) is 16.3 Å². The average Bonchev–Trinajstić information content (AvgIpc) is 2.25. The smallest absolute Gasteiger partial charge is 0.171 e. The van der Waals surface area contributed by atoms with Gasteiger partial charge in [-0.15, -0.1) is 0 Å². The molecule has 4 heteroatoms. The molecule has 0 bridgehead atoms. The zero-order valence-corrected chi connectivity index (χ0v) is 11.2. The fourth-order valence-corrected chi connectivity index (χ4v) is 1.68. The fraction of sp³-hybridized carbons (Fsp3) is 0.462. The van der Waals surface area contributed by atoms with Crippen LogP contribution >= 0.6 is 11.6 Å². The van der Waals surface area contributed by atoms with Crippen LogP contribution < -0.4 is 4.74 Å². The van der Waals surface area contributed by atoms with Gasteiger partial charge in [-0.25, -0.2) is 0 Å². The lowest BCUT2D eigenvalue weighted by molar-refractivity contribution is -0.135. The van der Waals surface area contributed by atoms with Gasteiger partial charge in [0.05, 0.1) is 12.1 Å². The van der Waals surface area contributed by atoms with Crippen molar-refractivity contribution in [1.82, 2.24) is 0 Å². The maximum Gasteiger partial charge on any atom is 0.171 e. The van der Waals surface area contributed by atoms with Crippen LogP contribution in [0.3, 0.4) is 0 Å². The summed E-state index contributed by atoms with van der Waals surface area (Å²) < 4.78 is 5.01. The van der Waals surface area contributed by atoms with Crippen molar-refractivity contribution in [3.05, 3.63) is 28.8 Å². The zero-order valence-electron chi connectivity index (χ0n) is 10.5. The first-order valence-electron chi connectivity index (χ1n) is 5.33. The van der Waals surface area contributed by atoms with E-state index in [1.807, 2.05) is 0 Å². The van der Waals surface area contributed by atoms with Gasteiger partial charge in [0.25, 0.3) is 0 Å². The predicted octanol–water partition coefficient (Wildman–Crippen LogP) is 3.00. The maximum absolute atomic E-state index is 11.9. The van der Waals surface area contributed by atoms with Gasteiger partial charge in [-0.1, -0.05) is 38.4 Å². The van der Waals surface area contributed by atoms with E-state index in [0.29, 0.717) is 16.3 Å². The molecule has 0 aliphatic rings. The van der Waals surface area contributed by atoms with Gasteiger partial charge in [0.1, 0.15) is 11.9 Å². The van der Waals surface area contributed by atoms with E-state index in [1.54, 1.807) is 39.0 Å². The molecule has 1 aromatic rings. The van der Waals surface area contributed by atoms with Crippen molar-refractivity contribution >= 4 is 17.4 Å². The summed E-state index contributed by atoms with van der Waals surface area (Å²) in [5, 5.41) is 10.3. The Kier molecular flexibility index (Phi) is 4.17. The van der Waals surface area contributed by atoms with Gasteiger partial charge in [-0.2, -0.15) is 0 Å². The molecule has 94 valence electrons. The van der Waals surface area contributed by atoms with Gasteiger partial charge >= 0.3 is 0 Å². The molecule has 0 radical (unpaired) electrons. The molecule has 0 saturated heterocycles. The first-order chi connectivity index (χ1) is 7.77. The van der Waals surface area contributed by atoms with Crippen molar-refractivity contribution in [3.63, 3.8) is 0 Å². The molecule has 0 amide bonds. The molecule has 0 aliphatic heterocycles. The maximum atomic E-state index is 11.9. The van der Waals surface area contributed by atoms with E-state index in [9.17, 15) is 9.90 Å². The molecule has 1 atom stereocenters. The summed E-state index contributed by atoms with van der Waals surface area (Å²) in [7, 11) is 1.53. The number of hydrogen-bond acceptors (Lipinski definition) is 3. The Hall–Kier alpha value is -1.06. The second kappa shape index (κ2) is 5.07. The molecule has 0 fully saturated rings. The van der Waals surface area contributed by atoms with Gasteiger partial charge in [-0.3, -0.25) is 4.79 Å². The number of hydrogen-bond donors (Lipinski definition) is 1. The van der Waals surface area contributed by atoms with Crippen LogP contribution in [0.2, 0.25) is 5.02 Å². The van der Waals surface area contributed by atoms with Crippen molar-refractivity contribution < 1.29 is 14.6 Å². The number of methoxy groups -OCH3 is 1. The highest BCUT2D eigenvalue weighted by molar-refractivity contribution is 6.31. The van der Waals surface area contributed by atoms with E-state index in [-0.39, 0.29) is 5.78 Å². The average molecular weight is 257 g/mol. The molecule has 0 aliphatic carbocycles. The second-order valence-corrected chi connectivity index (χ2v) is 5.31. The number of aliphatic hydroxyl groups excluding tert-OH is 1. The molecule has 1 N–H and O–H groups in total. The largest absolute Gasteiger partial charge is 0.497 e. The minimum absolute atomic E-state index is 0.260. The summed E-state index contributed by atoms with van der Waals surface area (Å²) in [6.07, 6.45) is -1.20. The molecule has 0 heterocycles. The summed E-state index contributed by atoms with van der Waals surface area (Å²) >= 11 is 6.00. The minimum Gasteiger partial charge on any atom is -0.497 e. The van der Waals surface area contributed by atoms with Crippen LogP contribution in [0, 0.1) is 5.41 Å². The summed E-state index contributed by atoms with van der Waals surface area (Å²) in [5.74, 6) is 0.332. The van der Waals surface area contributed by atoms with Crippen LogP contribution in [0.25, 0.3) is 0 Å². The lowest BCUT2D eigenvalue weighted by atomic mass is 9.85. The number of aliphatic hydroxyl groups is 1. The van der Waals surface area contributed by atoms with Gasteiger partial charge in [0, 0.05) is 11.0 Å². The first-order valence-corrected chi connectivity index (χ1v) is 5.71. The minimum atomic E-state index is -1.20. The molecule has 0 saturated carbocycles. The zero-order chi connectivity index (χ0) is 13.2. The van der Waals surface area contributed by atoms with Crippen molar-refractivity contribution in [3.8, 4) is 5.75 Å². The standard InChI is InChI=1S/C13H17ClO3/c1-13(2,3)12(16)11(15)9-6-5-8(17-4)7-10(9)14/h5-7,11,15H,1-4H3. The number of Topliss-reactive ketones (excluding diaryl/α,β-unsaturated/α-hetero) is 1. The van der Waals surface area contributed by atoms with Gasteiger partial charge in [0.15, 0.2) is 5.78 Å². The summed E-state index contributed by atoms with van der Waals surface area (Å²) in [5.41, 5.74) is -0.199. The third-order valence-corrected chi connectivity index (χ3v) is 2.82. The highest BCUT2D eigenvalue weighted by atomic mass is 35.5. The molecule has 0 spiro atoms. The Labute approximate surface area is 106 Å². The van der Waals surface area contributed by atoms with Crippen LogP contribution in [0.5, 0.6) is 5.75 Å². The summed E-state index contributed by atoms with van der Waals surface area (Å²) in [4.78, 5) is 11.9. The Balaban J connectivity index is 3.05. The Morgan fingerprint density at radius 3 is 2.41 bits per heavy atom. The Morgan fingerprint density at radius 2 is 2.00 bits per heavy atom. The molecular formula is C13H17ClO3. The number of benzene rings is 1. The molecule has 17 heavy (non-hydrogen) atoms. The third kappa shape index (κ3) is 3.20. The number of halogens is 1. The van der Waals surface area contributed by atoms with Gasteiger partial charge in [-0.05, 0) is 12.1 Å². The Bertz CT molecular complexity index is 421. The van der Waals surface area contributed by atoms with Crippen molar-refractivity contribution in [2.24, 2.45) is 5.41 Å². The van der Waals surface area contributed by atoms with E-state index in [0.717, 1.165) is 0 Å². The van der Waals surface area contributed by atoms with Gasteiger partial charge < -0.3 is 9.84 Å². The quantitative estimate of drug-likeness (QED) is 0.904.